The zero-order valence-electron chi connectivity index (χ0n) is 10.2. The number of aliphatic hydroxyl groups excluding tert-OH is 1. The van der Waals surface area contributed by atoms with Crippen LogP contribution in [0, 0.1) is 0 Å². The van der Waals surface area contributed by atoms with Crippen LogP contribution in [-0.4, -0.2) is 31.2 Å². The largest absolute Gasteiger partial charge is 0.394 e. The molecule has 0 radical (unpaired) electrons. The minimum absolute atomic E-state index is 0.0497. The van der Waals surface area contributed by atoms with Gasteiger partial charge in [0.05, 0.1) is 19.1 Å². The molecule has 4 nitrogen and oxygen atoms in total. The van der Waals surface area contributed by atoms with Gasteiger partial charge in [-0.3, -0.25) is 4.79 Å². The molecule has 0 saturated carbocycles. The molecule has 0 fully saturated rings. The number of carbonyl (C=O) groups excluding carboxylic acids is 1. The summed E-state index contributed by atoms with van der Waals surface area (Å²) < 4.78 is 0. The molecule has 2 rings (SSSR count). The summed E-state index contributed by atoms with van der Waals surface area (Å²) in [4.78, 5) is 13.2. The van der Waals surface area contributed by atoms with Gasteiger partial charge in [0.15, 0.2) is 0 Å². The van der Waals surface area contributed by atoms with Gasteiger partial charge >= 0.3 is 0 Å². The topological polar surface area (TPSA) is 52.6 Å². The van der Waals surface area contributed by atoms with E-state index in [4.69, 9.17) is 0 Å². The Hall–Kier alpha value is -1.39. The highest BCUT2D eigenvalue weighted by Gasteiger charge is 2.24. The number of nitrogens with zero attached hydrogens (tertiary/aromatic N) is 1. The second-order valence-corrected chi connectivity index (χ2v) is 4.31. The molecule has 2 N–H and O–H groups in total. The number of anilines is 1. The van der Waals surface area contributed by atoms with Crippen LogP contribution in [0.2, 0.25) is 0 Å². The summed E-state index contributed by atoms with van der Waals surface area (Å²) in [6.07, 6.45) is 0.462. The molecule has 92 valence electrons. The number of benzene rings is 1. The second-order valence-electron chi connectivity index (χ2n) is 4.31. The highest BCUT2D eigenvalue weighted by atomic mass is 16.3. The number of aliphatic hydroxyl groups is 1. The molecule has 1 aromatic rings. The first-order valence-corrected chi connectivity index (χ1v) is 5.91. The van der Waals surface area contributed by atoms with Crippen molar-refractivity contribution in [2.24, 2.45) is 0 Å². The lowest BCUT2D eigenvalue weighted by molar-refractivity contribution is -0.117. The summed E-state index contributed by atoms with van der Waals surface area (Å²) in [5.74, 6) is 0.126. The maximum Gasteiger partial charge on any atom is 0.231 e. The lowest BCUT2D eigenvalue weighted by Crippen LogP contribution is -2.24. The number of fused-ring (bicyclic) bond motifs is 1. The number of amides is 1. The van der Waals surface area contributed by atoms with Crippen LogP contribution >= 0.6 is 0 Å². The van der Waals surface area contributed by atoms with Crippen LogP contribution in [0.25, 0.3) is 0 Å². The number of nitrogens with one attached hydrogen (secondary N) is 1. The highest BCUT2D eigenvalue weighted by Crippen LogP contribution is 2.29. The van der Waals surface area contributed by atoms with Crippen molar-refractivity contribution in [3.63, 3.8) is 0 Å². The first-order valence-electron chi connectivity index (χ1n) is 5.91. The van der Waals surface area contributed by atoms with Crippen molar-refractivity contribution in [3.05, 3.63) is 29.3 Å². The summed E-state index contributed by atoms with van der Waals surface area (Å²) in [6.45, 7) is 2.88. The maximum atomic E-state index is 11.6. The Morgan fingerprint density at radius 3 is 2.94 bits per heavy atom. The van der Waals surface area contributed by atoms with E-state index in [0.29, 0.717) is 6.42 Å². The van der Waals surface area contributed by atoms with Gasteiger partial charge in [-0.25, -0.2) is 0 Å². The predicted molar refractivity (Wildman–Crippen MR) is 67.1 cm³/mol. The van der Waals surface area contributed by atoms with E-state index in [1.54, 1.807) is 11.9 Å². The number of likely N-dealkylation sites (N-methyl/N-ethyl adjacent to an activating group) is 2. The predicted octanol–water partition coefficient (Wildman–Crippen LogP) is 0.848. The lowest BCUT2D eigenvalue weighted by atomic mass is 10.0. The van der Waals surface area contributed by atoms with E-state index < -0.39 is 0 Å². The average molecular weight is 234 g/mol. The van der Waals surface area contributed by atoms with Crippen LogP contribution in [0.1, 0.15) is 24.1 Å². The molecule has 1 aliphatic heterocycles. The van der Waals surface area contributed by atoms with Crippen LogP contribution in [0.4, 0.5) is 5.69 Å². The van der Waals surface area contributed by atoms with E-state index in [2.05, 4.69) is 5.32 Å². The highest BCUT2D eigenvalue weighted by molar-refractivity contribution is 6.00. The fourth-order valence-electron chi connectivity index (χ4n) is 2.24. The zero-order valence-corrected chi connectivity index (χ0v) is 10.2. The van der Waals surface area contributed by atoms with Crippen molar-refractivity contribution in [1.29, 1.82) is 0 Å². The summed E-state index contributed by atoms with van der Waals surface area (Å²) in [5.41, 5.74) is 3.06. The summed E-state index contributed by atoms with van der Waals surface area (Å²) >= 11 is 0. The number of hydrogen-bond donors (Lipinski definition) is 2. The maximum absolute atomic E-state index is 11.6. The number of hydrogen-bond acceptors (Lipinski definition) is 3. The van der Waals surface area contributed by atoms with E-state index in [1.165, 1.54) is 0 Å². The third-order valence-corrected chi connectivity index (χ3v) is 3.22. The quantitative estimate of drug-likeness (QED) is 0.812. The Morgan fingerprint density at radius 2 is 2.29 bits per heavy atom. The van der Waals surface area contributed by atoms with Crippen molar-refractivity contribution < 1.29 is 9.90 Å². The Kier molecular flexibility index (Phi) is 3.45. The average Bonchev–Trinajstić information content (AvgIpc) is 2.61. The number of carbonyl (C=O) groups is 1. The standard InChI is InChI=1S/C13H18N2O2/c1-3-14-11(8-16)9-4-5-12-10(6-9)7-13(17)15(12)2/h4-6,11,14,16H,3,7-8H2,1-2H3. The van der Waals surface area contributed by atoms with Crippen LogP contribution in [-0.2, 0) is 11.2 Å². The van der Waals surface area contributed by atoms with Crippen LogP contribution < -0.4 is 10.2 Å². The van der Waals surface area contributed by atoms with E-state index in [0.717, 1.165) is 23.4 Å². The van der Waals surface area contributed by atoms with Crippen LogP contribution in [0.5, 0.6) is 0 Å². The van der Waals surface area contributed by atoms with Gasteiger partial charge in [-0.1, -0.05) is 19.1 Å². The van der Waals surface area contributed by atoms with Crippen molar-refractivity contribution in [2.45, 2.75) is 19.4 Å². The van der Waals surface area contributed by atoms with Crippen molar-refractivity contribution in [3.8, 4) is 0 Å². The molecule has 1 aliphatic rings. The van der Waals surface area contributed by atoms with Gasteiger partial charge in [-0.15, -0.1) is 0 Å². The summed E-state index contributed by atoms with van der Waals surface area (Å²) in [7, 11) is 1.79. The molecule has 1 amide bonds. The van der Waals surface area contributed by atoms with Crippen LogP contribution in [0.15, 0.2) is 18.2 Å². The van der Waals surface area contributed by atoms with Gasteiger partial charge < -0.3 is 15.3 Å². The van der Waals surface area contributed by atoms with Gasteiger partial charge in [-0.2, -0.15) is 0 Å². The normalized spacial score (nSPS) is 16.2. The third-order valence-electron chi connectivity index (χ3n) is 3.22. The molecule has 17 heavy (non-hydrogen) atoms. The fourth-order valence-corrected chi connectivity index (χ4v) is 2.24. The van der Waals surface area contributed by atoms with E-state index >= 15 is 0 Å². The molecule has 0 bridgehead atoms. The van der Waals surface area contributed by atoms with Crippen molar-refractivity contribution >= 4 is 11.6 Å². The fraction of sp³-hybridized carbons (Fsp3) is 0.462. The van der Waals surface area contributed by atoms with Crippen molar-refractivity contribution in [1.82, 2.24) is 5.32 Å². The van der Waals surface area contributed by atoms with Gasteiger partial charge in [0.1, 0.15) is 0 Å². The lowest BCUT2D eigenvalue weighted by Gasteiger charge is -2.17. The Labute approximate surface area is 101 Å². The molecule has 1 aromatic carbocycles. The SMILES string of the molecule is CCNC(CO)c1ccc2c(c1)CC(=O)N2C. The Balaban J connectivity index is 2.29. The zero-order chi connectivity index (χ0) is 12.4. The van der Waals surface area contributed by atoms with Gasteiger partial charge in [0, 0.05) is 12.7 Å². The van der Waals surface area contributed by atoms with Crippen molar-refractivity contribution in [2.75, 3.05) is 25.1 Å². The molecule has 1 unspecified atom stereocenters. The molecule has 0 saturated heterocycles. The van der Waals surface area contributed by atoms with E-state index in [9.17, 15) is 9.90 Å². The molecule has 0 spiro atoms. The Bertz CT molecular complexity index is 431. The molecule has 1 heterocycles. The molecule has 1 atom stereocenters. The smallest absolute Gasteiger partial charge is 0.231 e. The van der Waals surface area contributed by atoms with E-state index in [-0.39, 0.29) is 18.6 Å². The monoisotopic (exact) mass is 234 g/mol. The van der Waals surface area contributed by atoms with Gasteiger partial charge in [0.25, 0.3) is 0 Å². The Morgan fingerprint density at radius 1 is 1.53 bits per heavy atom. The summed E-state index contributed by atoms with van der Waals surface area (Å²) in [6, 6.07) is 5.89. The minimum atomic E-state index is -0.0497. The molecule has 0 aliphatic carbocycles. The first kappa shape index (κ1) is 12.1. The molecule has 0 aromatic heterocycles. The van der Waals surface area contributed by atoms with Crippen LogP contribution in [0.3, 0.4) is 0 Å². The van der Waals surface area contributed by atoms with Gasteiger partial charge in [0.2, 0.25) is 5.91 Å². The molecule has 4 heteroatoms. The van der Waals surface area contributed by atoms with Gasteiger partial charge in [-0.05, 0) is 23.7 Å². The molecular weight excluding hydrogens is 216 g/mol. The molecular formula is C13H18N2O2. The third kappa shape index (κ3) is 2.18. The minimum Gasteiger partial charge on any atom is -0.394 e. The first-order chi connectivity index (χ1) is 8.17. The second kappa shape index (κ2) is 4.85. The number of rotatable bonds is 4. The van der Waals surface area contributed by atoms with E-state index in [1.807, 2.05) is 25.1 Å². The summed E-state index contributed by atoms with van der Waals surface area (Å²) in [5, 5.41) is 12.5.